The molecule has 0 bridgehead atoms. The van der Waals surface area contributed by atoms with Gasteiger partial charge in [0.05, 0.1) is 5.56 Å². The Hall–Kier alpha value is -2.49. The van der Waals surface area contributed by atoms with Crippen LogP contribution in [-0.4, -0.2) is 23.2 Å². The van der Waals surface area contributed by atoms with E-state index in [2.05, 4.69) is 0 Å². The van der Waals surface area contributed by atoms with Gasteiger partial charge in [-0.3, -0.25) is 0 Å². The molecule has 0 radical (unpaired) electrons. The summed E-state index contributed by atoms with van der Waals surface area (Å²) in [4.78, 5) is 12.9. The Morgan fingerprint density at radius 2 is 1.84 bits per heavy atom. The molecule has 0 aromatic heterocycles. The summed E-state index contributed by atoms with van der Waals surface area (Å²) in [6, 6.07) is 13.8. The van der Waals surface area contributed by atoms with Crippen LogP contribution in [0.2, 0.25) is 0 Å². The van der Waals surface area contributed by atoms with Gasteiger partial charge >= 0.3 is 5.97 Å². The van der Waals surface area contributed by atoms with Gasteiger partial charge in [0, 0.05) is 19.3 Å². The van der Waals surface area contributed by atoms with Gasteiger partial charge in [0.25, 0.3) is 0 Å². The lowest BCUT2D eigenvalue weighted by molar-refractivity contribution is 0.0696. The molecule has 2 aromatic rings. The topological polar surface area (TPSA) is 60.8 Å². The number of aromatic carboxylic acids is 1. The second kappa shape index (κ2) is 5.44. The van der Waals surface area contributed by atoms with Crippen molar-refractivity contribution in [3.63, 3.8) is 0 Å². The second-order valence-electron chi connectivity index (χ2n) is 4.38. The van der Waals surface area contributed by atoms with Gasteiger partial charge in [-0.1, -0.05) is 12.1 Å². The molecule has 2 N–H and O–H groups in total. The molecule has 98 valence electrons. The van der Waals surface area contributed by atoms with Gasteiger partial charge in [0.2, 0.25) is 0 Å². The number of hydrogen-bond donors (Lipinski definition) is 2. The number of benzene rings is 2. The molecule has 2 aromatic carbocycles. The third kappa shape index (κ3) is 3.25. The number of hydrogen-bond acceptors (Lipinski definition) is 3. The van der Waals surface area contributed by atoms with Crippen molar-refractivity contribution in [2.24, 2.45) is 0 Å². The Labute approximate surface area is 111 Å². The van der Waals surface area contributed by atoms with Crippen molar-refractivity contribution in [1.82, 2.24) is 0 Å². The lowest BCUT2D eigenvalue weighted by Gasteiger charge is -2.19. The number of phenolic OH excluding ortho intramolecular Hbond substituents is 1. The Morgan fingerprint density at radius 3 is 2.47 bits per heavy atom. The van der Waals surface area contributed by atoms with Crippen LogP contribution in [0.4, 0.5) is 5.69 Å². The number of carboxylic acids is 1. The maximum Gasteiger partial charge on any atom is 0.335 e. The van der Waals surface area contributed by atoms with Gasteiger partial charge in [-0.15, -0.1) is 0 Å². The monoisotopic (exact) mass is 257 g/mol. The Bertz CT molecular complexity index is 578. The van der Waals surface area contributed by atoms with E-state index in [-0.39, 0.29) is 11.3 Å². The zero-order chi connectivity index (χ0) is 13.8. The summed E-state index contributed by atoms with van der Waals surface area (Å²) in [5.41, 5.74) is 2.17. The van der Waals surface area contributed by atoms with Crippen LogP contribution in [-0.2, 0) is 6.54 Å². The normalized spacial score (nSPS) is 10.2. The van der Waals surface area contributed by atoms with E-state index in [1.54, 1.807) is 30.3 Å². The fourth-order valence-corrected chi connectivity index (χ4v) is 1.87. The molecule has 4 heteroatoms. The molecule has 0 saturated heterocycles. The van der Waals surface area contributed by atoms with Crippen LogP contribution >= 0.6 is 0 Å². The van der Waals surface area contributed by atoms with Crippen molar-refractivity contribution < 1.29 is 15.0 Å². The van der Waals surface area contributed by atoms with E-state index in [1.807, 2.05) is 30.1 Å². The Balaban J connectivity index is 2.14. The van der Waals surface area contributed by atoms with Crippen molar-refractivity contribution in [3.05, 3.63) is 59.7 Å². The third-order valence-corrected chi connectivity index (χ3v) is 2.88. The molecule has 0 amide bonds. The molecule has 0 saturated carbocycles. The van der Waals surface area contributed by atoms with Gasteiger partial charge in [0.1, 0.15) is 5.75 Å². The highest BCUT2D eigenvalue weighted by molar-refractivity contribution is 5.87. The summed E-state index contributed by atoms with van der Waals surface area (Å²) in [7, 11) is 1.92. The van der Waals surface area contributed by atoms with Crippen molar-refractivity contribution in [3.8, 4) is 5.75 Å². The summed E-state index contributed by atoms with van der Waals surface area (Å²) < 4.78 is 0. The maximum absolute atomic E-state index is 10.9. The number of aromatic hydroxyl groups is 1. The van der Waals surface area contributed by atoms with Crippen molar-refractivity contribution in [2.75, 3.05) is 11.9 Å². The van der Waals surface area contributed by atoms with Crippen molar-refractivity contribution in [1.29, 1.82) is 0 Å². The van der Waals surface area contributed by atoms with Crippen LogP contribution in [0.3, 0.4) is 0 Å². The lowest BCUT2D eigenvalue weighted by Crippen LogP contribution is -2.16. The van der Waals surface area contributed by atoms with E-state index in [9.17, 15) is 9.90 Å². The SMILES string of the molecule is CN(Cc1cccc(C(=O)O)c1)c1ccc(O)cc1. The van der Waals surface area contributed by atoms with Gasteiger partial charge in [-0.05, 0) is 42.0 Å². The minimum absolute atomic E-state index is 0.227. The minimum Gasteiger partial charge on any atom is -0.508 e. The average Bonchev–Trinajstić information content (AvgIpc) is 2.39. The summed E-state index contributed by atoms with van der Waals surface area (Å²) in [5.74, 6) is -0.695. The average molecular weight is 257 g/mol. The van der Waals surface area contributed by atoms with E-state index in [4.69, 9.17) is 5.11 Å². The molecule has 19 heavy (non-hydrogen) atoms. The first-order chi connectivity index (χ1) is 9.06. The third-order valence-electron chi connectivity index (χ3n) is 2.88. The van der Waals surface area contributed by atoms with Crippen molar-refractivity contribution in [2.45, 2.75) is 6.54 Å². The van der Waals surface area contributed by atoms with Gasteiger partial charge in [-0.2, -0.15) is 0 Å². The molecule has 4 nitrogen and oxygen atoms in total. The van der Waals surface area contributed by atoms with E-state index in [1.165, 1.54) is 0 Å². The first-order valence-electron chi connectivity index (χ1n) is 5.88. The molecule has 0 aliphatic heterocycles. The predicted octanol–water partition coefficient (Wildman–Crippen LogP) is 2.73. The lowest BCUT2D eigenvalue weighted by atomic mass is 10.1. The number of phenols is 1. The standard InChI is InChI=1S/C15H15NO3/c1-16(13-5-7-14(17)8-6-13)10-11-3-2-4-12(9-11)15(18)19/h2-9,17H,10H2,1H3,(H,18,19). The van der Waals surface area contributed by atoms with E-state index < -0.39 is 5.97 Å². The van der Waals surface area contributed by atoms with Crippen LogP contribution in [0.25, 0.3) is 0 Å². The molecule has 0 aliphatic carbocycles. The van der Waals surface area contributed by atoms with Crippen LogP contribution in [0.5, 0.6) is 5.75 Å². The van der Waals surface area contributed by atoms with Gasteiger partial charge in [0.15, 0.2) is 0 Å². The first kappa shape index (κ1) is 13.0. The summed E-state index contributed by atoms with van der Waals surface area (Å²) in [6.45, 7) is 0.603. The van der Waals surface area contributed by atoms with Crippen molar-refractivity contribution >= 4 is 11.7 Å². The zero-order valence-corrected chi connectivity index (χ0v) is 10.6. The summed E-state index contributed by atoms with van der Waals surface area (Å²) in [6.07, 6.45) is 0. The second-order valence-corrected chi connectivity index (χ2v) is 4.38. The Kier molecular flexibility index (Phi) is 3.71. The molecule has 0 heterocycles. The van der Waals surface area contributed by atoms with E-state index in [0.29, 0.717) is 6.54 Å². The molecule has 0 unspecified atom stereocenters. The number of carboxylic acid groups (broad SMARTS) is 1. The largest absolute Gasteiger partial charge is 0.508 e. The molecule has 2 rings (SSSR count). The van der Waals surface area contributed by atoms with Crippen LogP contribution in [0, 0.1) is 0 Å². The highest BCUT2D eigenvalue weighted by atomic mass is 16.4. The quantitative estimate of drug-likeness (QED) is 0.884. The highest BCUT2D eigenvalue weighted by Gasteiger charge is 2.06. The first-order valence-corrected chi connectivity index (χ1v) is 5.88. The zero-order valence-electron chi connectivity index (χ0n) is 10.6. The summed E-state index contributed by atoms with van der Waals surface area (Å²) >= 11 is 0. The molecule has 0 fully saturated rings. The fraction of sp³-hybridized carbons (Fsp3) is 0.133. The highest BCUT2D eigenvalue weighted by Crippen LogP contribution is 2.19. The van der Waals surface area contributed by atoms with Crippen LogP contribution < -0.4 is 4.90 Å². The molecular weight excluding hydrogens is 242 g/mol. The summed E-state index contributed by atoms with van der Waals surface area (Å²) in [5, 5.41) is 18.2. The number of rotatable bonds is 4. The smallest absolute Gasteiger partial charge is 0.335 e. The fourth-order valence-electron chi connectivity index (χ4n) is 1.87. The molecule has 0 atom stereocenters. The minimum atomic E-state index is -0.922. The Morgan fingerprint density at radius 1 is 1.16 bits per heavy atom. The van der Waals surface area contributed by atoms with E-state index >= 15 is 0 Å². The molecule has 0 aliphatic rings. The van der Waals surface area contributed by atoms with Crippen LogP contribution in [0.15, 0.2) is 48.5 Å². The van der Waals surface area contributed by atoms with Crippen LogP contribution in [0.1, 0.15) is 15.9 Å². The maximum atomic E-state index is 10.9. The van der Waals surface area contributed by atoms with Gasteiger partial charge in [-0.25, -0.2) is 4.79 Å². The number of nitrogens with zero attached hydrogens (tertiary/aromatic N) is 1. The predicted molar refractivity (Wildman–Crippen MR) is 73.6 cm³/mol. The number of anilines is 1. The molecule has 0 spiro atoms. The van der Waals surface area contributed by atoms with Gasteiger partial charge < -0.3 is 15.1 Å². The molecular formula is C15H15NO3. The van der Waals surface area contributed by atoms with E-state index in [0.717, 1.165) is 11.3 Å². The number of carbonyl (C=O) groups is 1.